The van der Waals surface area contributed by atoms with Crippen LogP contribution in [0.2, 0.25) is 5.02 Å². The molecule has 0 radical (unpaired) electrons. The van der Waals surface area contributed by atoms with Crippen LogP contribution in [0.15, 0.2) is 30.6 Å². The van der Waals surface area contributed by atoms with Gasteiger partial charge in [0.25, 0.3) is 5.88 Å². The number of hydrogen-bond donors (Lipinski definition) is 0. The van der Waals surface area contributed by atoms with E-state index in [4.69, 9.17) is 11.6 Å². The first kappa shape index (κ1) is 14.9. The second-order valence-electron chi connectivity index (χ2n) is 4.15. The molecule has 6 nitrogen and oxygen atoms in total. The fraction of sp³-hybridized carbons (Fsp3) is 0.0909. The first-order chi connectivity index (χ1) is 10.2. The Labute approximate surface area is 126 Å². The maximum absolute atomic E-state index is 12.4. The minimum absolute atomic E-state index is 0.178. The van der Waals surface area contributed by atoms with Gasteiger partial charge in [-0.1, -0.05) is 11.6 Å². The Bertz CT molecular complexity index is 985. The van der Waals surface area contributed by atoms with E-state index in [1.165, 1.54) is 35.0 Å². The molecule has 1 aromatic carbocycles. The molecule has 0 spiro atoms. The molecular weight excluding hydrogens is 347 g/mol. The fourth-order valence-corrected chi connectivity index (χ4v) is 2.39. The smallest absolute Gasteiger partial charge is 0.351 e. The number of nitrogens with zero attached hydrogens (tertiary/aromatic N) is 3. The van der Waals surface area contributed by atoms with E-state index in [1.807, 2.05) is 0 Å². The van der Waals surface area contributed by atoms with Crippen molar-refractivity contribution in [2.75, 3.05) is 0 Å². The van der Waals surface area contributed by atoms with Gasteiger partial charge in [-0.3, -0.25) is 4.40 Å². The highest BCUT2D eigenvalue weighted by molar-refractivity contribution is 7.88. The molecule has 11 heteroatoms. The van der Waals surface area contributed by atoms with Crippen LogP contribution >= 0.6 is 11.6 Å². The molecule has 0 aliphatic heterocycles. The molecule has 0 bridgehead atoms. The quantitative estimate of drug-likeness (QED) is 0.524. The maximum atomic E-state index is 12.4. The molecule has 0 unspecified atom stereocenters. The van der Waals surface area contributed by atoms with Gasteiger partial charge in [-0.05, 0) is 18.2 Å². The van der Waals surface area contributed by atoms with Crippen LogP contribution in [-0.4, -0.2) is 28.3 Å². The Kier molecular flexibility index (Phi) is 3.18. The SMILES string of the molecule is O=S(=O)(Oc1nc2ccc(Cl)cc2n2ccnc12)C(F)(F)F. The van der Waals surface area contributed by atoms with Crippen molar-refractivity contribution in [2.24, 2.45) is 0 Å². The van der Waals surface area contributed by atoms with Crippen LogP contribution in [0, 0.1) is 0 Å². The average molecular weight is 352 g/mol. The molecule has 0 amide bonds. The summed E-state index contributed by atoms with van der Waals surface area (Å²) in [7, 11) is -5.84. The molecule has 0 fully saturated rings. The van der Waals surface area contributed by atoms with Crippen molar-refractivity contribution in [1.82, 2.24) is 14.4 Å². The standard InChI is InChI=1S/C11H5ClF3N3O3S/c12-6-1-2-7-8(5-6)18-4-3-16-9(18)10(17-7)21-22(19,20)11(13,14)15/h1-5H. The molecule has 0 saturated heterocycles. The summed E-state index contributed by atoms with van der Waals surface area (Å²) in [5, 5.41) is 0.376. The van der Waals surface area contributed by atoms with Gasteiger partial charge in [-0.2, -0.15) is 21.6 Å². The summed E-state index contributed by atoms with van der Waals surface area (Å²) in [4.78, 5) is 7.54. The van der Waals surface area contributed by atoms with Crippen LogP contribution in [0.1, 0.15) is 0 Å². The minimum Gasteiger partial charge on any atom is -0.351 e. The summed E-state index contributed by atoms with van der Waals surface area (Å²) in [6.45, 7) is 0. The predicted octanol–water partition coefficient (Wildman–Crippen LogP) is 2.76. The van der Waals surface area contributed by atoms with Crippen molar-refractivity contribution in [3.8, 4) is 5.88 Å². The maximum Gasteiger partial charge on any atom is 0.534 e. The highest BCUT2D eigenvalue weighted by Crippen LogP contribution is 2.30. The Balaban J connectivity index is 2.26. The van der Waals surface area contributed by atoms with Crippen molar-refractivity contribution >= 4 is 38.4 Å². The van der Waals surface area contributed by atoms with Gasteiger partial charge in [-0.25, -0.2) is 9.97 Å². The van der Waals surface area contributed by atoms with E-state index in [2.05, 4.69) is 14.2 Å². The third kappa shape index (κ3) is 2.33. The number of fused-ring (bicyclic) bond motifs is 3. The topological polar surface area (TPSA) is 73.6 Å². The van der Waals surface area contributed by atoms with Gasteiger partial charge >= 0.3 is 15.6 Å². The van der Waals surface area contributed by atoms with E-state index in [1.54, 1.807) is 0 Å². The number of halogens is 4. The predicted molar refractivity (Wildman–Crippen MR) is 71.1 cm³/mol. The molecule has 0 N–H and O–H groups in total. The molecule has 3 aromatic rings. The molecule has 0 aliphatic rings. The van der Waals surface area contributed by atoms with Crippen LogP contribution in [0.4, 0.5) is 13.2 Å². The number of alkyl halides is 3. The van der Waals surface area contributed by atoms with Gasteiger partial charge < -0.3 is 4.18 Å². The summed E-state index contributed by atoms with van der Waals surface area (Å²) in [5.74, 6) is -0.767. The molecule has 3 rings (SSSR count). The highest BCUT2D eigenvalue weighted by atomic mass is 35.5. The lowest BCUT2D eigenvalue weighted by atomic mass is 10.3. The van der Waals surface area contributed by atoms with Gasteiger partial charge in [-0.15, -0.1) is 0 Å². The normalized spacial score (nSPS) is 12.9. The Hall–Kier alpha value is -2.07. The summed E-state index contributed by atoms with van der Waals surface area (Å²) < 4.78 is 65.0. The van der Waals surface area contributed by atoms with Crippen LogP contribution in [0.25, 0.3) is 16.7 Å². The second-order valence-corrected chi connectivity index (χ2v) is 6.13. The number of aromatic nitrogens is 3. The van der Waals surface area contributed by atoms with E-state index >= 15 is 0 Å². The molecule has 0 atom stereocenters. The highest BCUT2D eigenvalue weighted by Gasteiger charge is 2.49. The van der Waals surface area contributed by atoms with E-state index in [0.29, 0.717) is 10.5 Å². The zero-order chi connectivity index (χ0) is 16.1. The summed E-state index contributed by atoms with van der Waals surface area (Å²) >= 11 is 5.85. The lowest BCUT2D eigenvalue weighted by Crippen LogP contribution is -2.28. The molecule has 22 heavy (non-hydrogen) atoms. The van der Waals surface area contributed by atoms with E-state index in [0.717, 1.165) is 0 Å². The van der Waals surface area contributed by atoms with Gasteiger partial charge in [0.15, 0.2) is 0 Å². The molecule has 2 aromatic heterocycles. The van der Waals surface area contributed by atoms with Crippen molar-refractivity contribution in [2.45, 2.75) is 5.51 Å². The third-order valence-corrected chi connectivity index (χ3v) is 3.90. The third-order valence-electron chi connectivity index (χ3n) is 2.72. The largest absolute Gasteiger partial charge is 0.534 e. The molecular formula is C11H5ClF3N3O3S. The van der Waals surface area contributed by atoms with Crippen LogP contribution in [0.5, 0.6) is 5.88 Å². The number of imidazole rings is 1. The van der Waals surface area contributed by atoms with Gasteiger partial charge in [0, 0.05) is 17.4 Å². The van der Waals surface area contributed by atoms with E-state index < -0.39 is 21.5 Å². The van der Waals surface area contributed by atoms with Crippen molar-refractivity contribution in [3.63, 3.8) is 0 Å². The van der Waals surface area contributed by atoms with Crippen molar-refractivity contribution in [1.29, 1.82) is 0 Å². The first-order valence-corrected chi connectivity index (χ1v) is 7.41. The van der Waals surface area contributed by atoms with Crippen LogP contribution < -0.4 is 4.18 Å². The lowest BCUT2D eigenvalue weighted by Gasteiger charge is -2.10. The molecule has 0 saturated carbocycles. The Morgan fingerprint density at radius 1 is 1.27 bits per heavy atom. The Morgan fingerprint density at radius 3 is 2.68 bits per heavy atom. The lowest BCUT2D eigenvalue weighted by molar-refractivity contribution is -0.0500. The van der Waals surface area contributed by atoms with Crippen LogP contribution in [-0.2, 0) is 10.1 Å². The van der Waals surface area contributed by atoms with Crippen LogP contribution in [0.3, 0.4) is 0 Å². The van der Waals surface area contributed by atoms with Gasteiger partial charge in [0.2, 0.25) is 5.65 Å². The summed E-state index contributed by atoms with van der Waals surface area (Å²) in [5.41, 5.74) is -5.10. The van der Waals surface area contributed by atoms with Gasteiger partial charge in [0.1, 0.15) is 0 Å². The van der Waals surface area contributed by atoms with Crippen molar-refractivity contribution < 1.29 is 25.8 Å². The van der Waals surface area contributed by atoms with Crippen molar-refractivity contribution in [3.05, 3.63) is 35.6 Å². The second kappa shape index (κ2) is 4.71. The number of benzene rings is 1. The minimum atomic E-state index is -5.84. The number of rotatable bonds is 2. The molecule has 2 heterocycles. The fourth-order valence-electron chi connectivity index (χ4n) is 1.81. The van der Waals surface area contributed by atoms with E-state index in [-0.39, 0.29) is 11.2 Å². The number of hydrogen-bond acceptors (Lipinski definition) is 5. The summed E-state index contributed by atoms with van der Waals surface area (Å²) in [6.07, 6.45) is 2.69. The van der Waals surface area contributed by atoms with Gasteiger partial charge in [0.05, 0.1) is 11.0 Å². The molecule has 116 valence electrons. The first-order valence-electron chi connectivity index (χ1n) is 5.62. The molecule has 0 aliphatic carbocycles. The zero-order valence-corrected chi connectivity index (χ0v) is 11.9. The summed E-state index contributed by atoms with van der Waals surface area (Å²) in [6, 6.07) is 4.40. The van der Waals surface area contributed by atoms with E-state index in [9.17, 15) is 21.6 Å². The zero-order valence-electron chi connectivity index (χ0n) is 10.4. The average Bonchev–Trinajstić information content (AvgIpc) is 2.87. The monoisotopic (exact) mass is 351 g/mol. The Morgan fingerprint density at radius 2 is 2.00 bits per heavy atom.